The van der Waals surface area contributed by atoms with E-state index in [1.54, 1.807) is 13.8 Å². The molecule has 1 aromatic rings. The maximum atomic E-state index is 12.8. The van der Waals surface area contributed by atoms with Gasteiger partial charge in [-0.15, -0.1) is 11.8 Å². The fraction of sp³-hybridized carbons (Fsp3) is 0.579. The molecule has 9 nitrogen and oxygen atoms in total. The molecule has 30 heavy (non-hydrogen) atoms. The van der Waals surface area contributed by atoms with Gasteiger partial charge in [-0.25, -0.2) is 4.79 Å². The number of thioether (sulfide) groups is 1. The van der Waals surface area contributed by atoms with Crippen molar-refractivity contribution >= 4 is 35.5 Å². The van der Waals surface area contributed by atoms with Gasteiger partial charge in [0.25, 0.3) is 5.91 Å². The number of amides is 2. The molecule has 0 unspecified atom stereocenters. The van der Waals surface area contributed by atoms with Crippen LogP contribution in [0.4, 0.5) is 0 Å². The van der Waals surface area contributed by atoms with Crippen molar-refractivity contribution in [1.29, 1.82) is 0 Å². The van der Waals surface area contributed by atoms with Crippen LogP contribution in [0.2, 0.25) is 0 Å². The molecule has 0 aromatic carbocycles. The third kappa shape index (κ3) is 4.71. The van der Waals surface area contributed by atoms with Crippen LogP contribution < -0.4 is 40.0 Å². The second-order valence-corrected chi connectivity index (χ2v) is 9.84. The second-order valence-electron chi connectivity index (χ2n) is 8.07. The molecule has 1 N–H and O–H groups in total. The minimum atomic E-state index is -1.33. The number of esters is 1. The van der Waals surface area contributed by atoms with Gasteiger partial charge in [-0.3, -0.25) is 9.59 Å². The summed E-state index contributed by atoms with van der Waals surface area (Å²) in [6.07, 6.45) is 0.474. The summed E-state index contributed by atoms with van der Waals surface area (Å²) < 4.78 is 9.55. The minimum absolute atomic E-state index is 0. The van der Waals surface area contributed by atoms with Gasteiger partial charge in [0.05, 0.1) is 18.3 Å². The zero-order valence-corrected chi connectivity index (χ0v) is 20.4. The number of rotatable bonds is 7. The number of nitrogens with zero attached hydrogens (tertiary/aromatic N) is 1. The average molecular weight is 446 g/mol. The average Bonchev–Trinajstić information content (AvgIpc) is 3.23. The molecule has 0 radical (unpaired) electrons. The molecule has 0 spiro atoms. The quantitative estimate of drug-likeness (QED) is 0.269. The molecule has 3 rings (SSSR count). The van der Waals surface area contributed by atoms with Crippen LogP contribution in [0.1, 0.15) is 44.7 Å². The number of carbonyl (C=O) groups is 4. The summed E-state index contributed by atoms with van der Waals surface area (Å²) in [7, 11) is 0. The molecular formula is C19H23N2NaO7S. The summed E-state index contributed by atoms with van der Waals surface area (Å²) in [6.45, 7) is 7.18. The van der Waals surface area contributed by atoms with Gasteiger partial charge >= 0.3 is 35.5 Å². The van der Waals surface area contributed by atoms with E-state index in [4.69, 9.17) is 9.15 Å². The molecule has 3 heterocycles. The molecular weight excluding hydrogens is 423 g/mol. The number of nitrogens with one attached hydrogen (secondary N) is 1. The Morgan fingerprint density at radius 1 is 1.37 bits per heavy atom. The van der Waals surface area contributed by atoms with E-state index in [1.165, 1.54) is 35.1 Å². The Morgan fingerprint density at radius 2 is 2.03 bits per heavy atom. The number of carboxylic acid groups (broad SMARTS) is 1. The molecule has 0 bridgehead atoms. The molecule has 2 fully saturated rings. The number of furan rings is 1. The predicted octanol–water partition coefficient (Wildman–Crippen LogP) is -2.85. The van der Waals surface area contributed by atoms with Crippen molar-refractivity contribution in [2.75, 3.05) is 0 Å². The predicted molar refractivity (Wildman–Crippen MR) is 100 cm³/mol. The molecule has 158 valence electrons. The Balaban J connectivity index is 0.00000320. The van der Waals surface area contributed by atoms with Crippen molar-refractivity contribution < 1.29 is 63.0 Å². The molecule has 4 atom stereocenters. The van der Waals surface area contributed by atoms with E-state index in [0.717, 1.165) is 0 Å². The molecule has 2 aliphatic heterocycles. The summed E-state index contributed by atoms with van der Waals surface area (Å²) in [5, 5.41) is 13.6. The van der Waals surface area contributed by atoms with Gasteiger partial charge in [0.1, 0.15) is 11.4 Å². The molecule has 1 aromatic heterocycles. The molecule has 2 saturated heterocycles. The van der Waals surface area contributed by atoms with E-state index in [0.29, 0.717) is 0 Å². The first-order valence-electron chi connectivity index (χ1n) is 9.28. The number of hydrogen-bond donors (Lipinski definition) is 1. The van der Waals surface area contributed by atoms with Crippen LogP contribution in [0.5, 0.6) is 0 Å². The summed E-state index contributed by atoms with van der Waals surface area (Å²) in [6, 6.07) is 1.01. The van der Waals surface area contributed by atoms with E-state index < -0.39 is 52.1 Å². The first-order chi connectivity index (χ1) is 13.5. The zero-order chi connectivity index (χ0) is 21.5. The number of β-lactam (4-membered cyclic amide) rings is 1. The van der Waals surface area contributed by atoms with Gasteiger partial charge < -0.3 is 29.3 Å². The molecule has 2 amide bonds. The van der Waals surface area contributed by atoms with Crippen molar-refractivity contribution in [2.45, 2.75) is 62.4 Å². The number of ether oxygens (including phenoxy) is 1. The third-order valence-electron chi connectivity index (χ3n) is 4.91. The first kappa shape index (κ1) is 24.8. The van der Waals surface area contributed by atoms with E-state index in [-0.39, 0.29) is 47.7 Å². The fourth-order valence-electron chi connectivity index (χ4n) is 3.59. The van der Waals surface area contributed by atoms with Crippen LogP contribution >= 0.6 is 11.8 Å². The zero-order valence-electron chi connectivity index (χ0n) is 17.5. The fourth-order valence-corrected chi connectivity index (χ4v) is 5.21. The van der Waals surface area contributed by atoms with Crippen LogP contribution in [0.3, 0.4) is 0 Å². The maximum absolute atomic E-state index is 12.8. The van der Waals surface area contributed by atoms with Crippen LogP contribution in [0.15, 0.2) is 22.8 Å². The second kappa shape index (κ2) is 9.33. The largest absolute Gasteiger partial charge is 1.00 e. The van der Waals surface area contributed by atoms with Crippen molar-refractivity contribution in [3.63, 3.8) is 0 Å². The van der Waals surface area contributed by atoms with Gasteiger partial charge in [0, 0.05) is 4.75 Å². The van der Waals surface area contributed by atoms with Gasteiger partial charge in [0.15, 0.2) is 6.10 Å². The number of fused-ring (bicyclic) bond motifs is 1. The SMILES string of the molecule is CC(C)C[C@@H](OC(=O)c1ccco1)C(=O)N[C@@H]1C(=O)N2[C@@H]1SC(C)(C)[C@@H]2C(=O)[O-].[Na+]. The van der Waals surface area contributed by atoms with Crippen LogP contribution in [0, 0.1) is 5.92 Å². The number of hydrogen-bond acceptors (Lipinski definition) is 8. The van der Waals surface area contributed by atoms with Crippen molar-refractivity contribution in [3.05, 3.63) is 24.2 Å². The standard InChI is InChI=1S/C19H24N2O7S.Na/c1-9(2)8-11(28-18(26)10-6-5-7-27-10)14(22)20-12-15(23)21-13(17(24)25)19(3,4)29-16(12)21;/h5-7,9,11-13,16H,8H2,1-4H3,(H,20,22)(H,24,25);/q;+1/p-1/t11-,12-,13+,16-;/m1./s1. The monoisotopic (exact) mass is 446 g/mol. The van der Waals surface area contributed by atoms with Crippen molar-refractivity contribution in [1.82, 2.24) is 10.2 Å². The third-order valence-corrected chi connectivity index (χ3v) is 6.48. The number of carboxylic acids is 1. The Bertz CT molecular complexity index is 827. The van der Waals surface area contributed by atoms with Gasteiger partial charge in [-0.2, -0.15) is 0 Å². The van der Waals surface area contributed by atoms with Crippen LogP contribution in [-0.4, -0.2) is 57.0 Å². The Labute approximate surface area is 200 Å². The van der Waals surface area contributed by atoms with Gasteiger partial charge in [-0.05, 0) is 38.3 Å². The summed E-state index contributed by atoms with van der Waals surface area (Å²) in [5.41, 5.74) is 0. The van der Waals surface area contributed by atoms with E-state index in [1.807, 2.05) is 13.8 Å². The Kier molecular flexibility index (Phi) is 7.71. The number of carbonyl (C=O) groups excluding carboxylic acids is 4. The number of aliphatic carboxylic acids is 1. The maximum Gasteiger partial charge on any atom is 1.00 e. The van der Waals surface area contributed by atoms with Gasteiger partial charge in [0.2, 0.25) is 11.7 Å². The Hall–Kier alpha value is -1.49. The first-order valence-corrected chi connectivity index (χ1v) is 10.2. The minimum Gasteiger partial charge on any atom is -0.548 e. The van der Waals surface area contributed by atoms with Crippen molar-refractivity contribution in [3.8, 4) is 0 Å². The topological polar surface area (TPSA) is 129 Å². The normalized spacial score (nSPS) is 25.0. The summed E-state index contributed by atoms with van der Waals surface area (Å²) in [5.74, 6) is -3.17. The molecule has 2 aliphatic rings. The van der Waals surface area contributed by atoms with Gasteiger partial charge in [-0.1, -0.05) is 13.8 Å². The smallest absolute Gasteiger partial charge is 0.548 e. The van der Waals surface area contributed by atoms with Crippen molar-refractivity contribution in [2.24, 2.45) is 5.92 Å². The Morgan fingerprint density at radius 3 is 2.57 bits per heavy atom. The van der Waals surface area contributed by atoms with E-state index in [2.05, 4.69) is 5.32 Å². The van der Waals surface area contributed by atoms with Crippen LogP contribution in [0.25, 0.3) is 0 Å². The van der Waals surface area contributed by atoms with E-state index in [9.17, 15) is 24.3 Å². The molecule has 0 saturated carbocycles. The summed E-state index contributed by atoms with van der Waals surface area (Å²) >= 11 is 1.29. The summed E-state index contributed by atoms with van der Waals surface area (Å²) in [4.78, 5) is 50.2. The molecule has 0 aliphatic carbocycles. The van der Waals surface area contributed by atoms with Crippen LogP contribution in [-0.2, 0) is 19.1 Å². The molecule has 11 heteroatoms. The van der Waals surface area contributed by atoms with E-state index >= 15 is 0 Å².